The molecule has 1 N–H and O–H groups in total. The molecule has 0 spiro atoms. The van der Waals surface area contributed by atoms with Gasteiger partial charge in [0.1, 0.15) is 5.76 Å². The van der Waals surface area contributed by atoms with Gasteiger partial charge < -0.3 is 14.5 Å². The Labute approximate surface area is 133 Å². The van der Waals surface area contributed by atoms with Crippen LogP contribution in [-0.2, 0) is 25.9 Å². The zero-order valence-electron chi connectivity index (χ0n) is 12.3. The Kier molecular flexibility index (Phi) is 5.17. The van der Waals surface area contributed by atoms with E-state index in [1.165, 1.54) is 30.5 Å². The van der Waals surface area contributed by atoms with Crippen molar-refractivity contribution in [1.82, 2.24) is 5.32 Å². The zero-order chi connectivity index (χ0) is 16.9. The van der Waals surface area contributed by atoms with Crippen molar-refractivity contribution in [2.45, 2.75) is 11.4 Å². The van der Waals surface area contributed by atoms with Gasteiger partial charge in [-0.25, -0.2) is 13.2 Å². The molecule has 0 aliphatic heterocycles. The highest BCUT2D eigenvalue weighted by molar-refractivity contribution is 7.90. The van der Waals surface area contributed by atoms with Crippen LogP contribution in [0.1, 0.15) is 16.1 Å². The van der Waals surface area contributed by atoms with E-state index in [1.54, 1.807) is 12.1 Å². The van der Waals surface area contributed by atoms with Gasteiger partial charge in [-0.3, -0.25) is 4.79 Å². The third-order valence-corrected chi connectivity index (χ3v) is 4.04. The zero-order valence-corrected chi connectivity index (χ0v) is 13.1. The SMILES string of the molecule is CS(=O)(=O)c1ccccc1C(=O)OCC(=O)NCc1ccco1. The van der Waals surface area contributed by atoms with E-state index in [-0.39, 0.29) is 17.0 Å². The van der Waals surface area contributed by atoms with Crippen LogP contribution in [0.25, 0.3) is 0 Å². The summed E-state index contributed by atoms with van der Waals surface area (Å²) < 4.78 is 33.2. The quantitative estimate of drug-likeness (QED) is 0.793. The maximum absolute atomic E-state index is 12.0. The van der Waals surface area contributed by atoms with Gasteiger partial charge >= 0.3 is 5.97 Å². The average molecular weight is 337 g/mol. The minimum atomic E-state index is -3.57. The summed E-state index contributed by atoms with van der Waals surface area (Å²) in [6.07, 6.45) is 2.47. The molecule has 0 bridgehead atoms. The summed E-state index contributed by atoms with van der Waals surface area (Å²) in [6.45, 7) is -0.346. The van der Waals surface area contributed by atoms with E-state index in [4.69, 9.17) is 9.15 Å². The van der Waals surface area contributed by atoms with Gasteiger partial charge in [-0.05, 0) is 24.3 Å². The van der Waals surface area contributed by atoms with Crippen LogP contribution in [0.2, 0.25) is 0 Å². The van der Waals surface area contributed by atoms with Crippen LogP contribution < -0.4 is 5.32 Å². The van der Waals surface area contributed by atoms with Crippen molar-refractivity contribution in [3.8, 4) is 0 Å². The van der Waals surface area contributed by atoms with Crippen molar-refractivity contribution >= 4 is 21.7 Å². The molecule has 0 saturated carbocycles. The number of nitrogens with one attached hydrogen (secondary N) is 1. The number of carbonyl (C=O) groups is 2. The Morgan fingerprint density at radius 3 is 2.57 bits per heavy atom. The highest BCUT2D eigenvalue weighted by Crippen LogP contribution is 2.16. The first-order valence-electron chi connectivity index (χ1n) is 6.63. The molecule has 1 aromatic carbocycles. The average Bonchev–Trinajstić information content (AvgIpc) is 3.03. The number of hydrogen-bond donors (Lipinski definition) is 1. The first-order chi connectivity index (χ1) is 10.9. The third-order valence-electron chi connectivity index (χ3n) is 2.88. The maximum Gasteiger partial charge on any atom is 0.339 e. The van der Waals surface area contributed by atoms with Gasteiger partial charge in [0.25, 0.3) is 5.91 Å². The molecule has 8 heteroatoms. The van der Waals surface area contributed by atoms with E-state index in [0.717, 1.165) is 6.26 Å². The molecule has 0 aliphatic carbocycles. The second-order valence-electron chi connectivity index (χ2n) is 4.70. The van der Waals surface area contributed by atoms with Gasteiger partial charge in [-0.15, -0.1) is 0 Å². The first-order valence-corrected chi connectivity index (χ1v) is 8.52. The Morgan fingerprint density at radius 1 is 1.17 bits per heavy atom. The van der Waals surface area contributed by atoms with E-state index < -0.39 is 28.3 Å². The molecule has 122 valence electrons. The predicted molar refractivity (Wildman–Crippen MR) is 80.4 cm³/mol. The van der Waals surface area contributed by atoms with E-state index in [9.17, 15) is 18.0 Å². The van der Waals surface area contributed by atoms with Crippen molar-refractivity contribution in [2.75, 3.05) is 12.9 Å². The number of rotatable bonds is 6. The molecule has 0 aliphatic rings. The number of ether oxygens (including phenoxy) is 1. The lowest BCUT2D eigenvalue weighted by atomic mass is 10.2. The molecule has 0 radical (unpaired) electrons. The molecule has 1 aromatic heterocycles. The van der Waals surface area contributed by atoms with Gasteiger partial charge in [0.05, 0.1) is 23.3 Å². The standard InChI is InChI=1S/C15H15NO6S/c1-23(19,20)13-7-3-2-6-12(13)15(18)22-10-14(17)16-9-11-5-4-8-21-11/h2-8H,9-10H2,1H3,(H,16,17). The smallest absolute Gasteiger partial charge is 0.339 e. The van der Waals surface area contributed by atoms with E-state index in [2.05, 4.69) is 5.32 Å². The van der Waals surface area contributed by atoms with Crippen molar-refractivity contribution < 1.29 is 27.2 Å². The summed E-state index contributed by atoms with van der Waals surface area (Å²) in [5.41, 5.74) is -0.103. The number of benzene rings is 1. The molecule has 1 heterocycles. The summed E-state index contributed by atoms with van der Waals surface area (Å²) in [5, 5.41) is 2.51. The number of esters is 1. The summed E-state index contributed by atoms with van der Waals surface area (Å²) >= 11 is 0. The molecular formula is C15H15NO6S. The number of amides is 1. The number of furan rings is 1. The van der Waals surface area contributed by atoms with E-state index in [0.29, 0.717) is 5.76 Å². The maximum atomic E-state index is 12.0. The van der Waals surface area contributed by atoms with Crippen molar-refractivity contribution in [3.63, 3.8) is 0 Å². The van der Waals surface area contributed by atoms with Gasteiger partial charge in [-0.1, -0.05) is 12.1 Å². The molecule has 0 unspecified atom stereocenters. The monoisotopic (exact) mass is 337 g/mol. The second kappa shape index (κ2) is 7.10. The highest BCUT2D eigenvalue weighted by Gasteiger charge is 2.19. The van der Waals surface area contributed by atoms with Crippen LogP contribution in [0.15, 0.2) is 52.0 Å². The van der Waals surface area contributed by atoms with Crippen molar-refractivity contribution in [3.05, 3.63) is 54.0 Å². The van der Waals surface area contributed by atoms with Crippen LogP contribution in [0, 0.1) is 0 Å². The largest absolute Gasteiger partial charge is 0.467 e. The molecule has 7 nitrogen and oxygen atoms in total. The molecular weight excluding hydrogens is 322 g/mol. The van der Waals surface area contributed by atoms with Gasteiger partial charge in [0.2, 0.25) is 0 Å². The van der Waals surface area contributed by atoms with Crippen LogP contribution in [-0.4, -0.2) is 33.2 Å². The lowest BCUT2D eigenvalue weighted by molar-refractivity contribution is -0.124. The molecule has 2 rings (SSSR count). The fourth-order valence-corrected chi connectivity index (χ4v) is 2.69. The molecule has 23 heavy (non-hydrogen) atoms. The number of sulfone groups is 1. The minimum absolute atomic E-state index is 0.103. The Hall–Kier alpha value is -2.61. The first kappa shape index (κ1) is 16.8. The number of hydrogen-bond acceptors (Lipinski definition) is 6. The summed E-state index contributed by atoms with van der Waals surface area (Å²) in [5.74, 6) is -0.835. The summed E-state index contributed by atoms with van der Waals surface area (Å²) in [7, 11) is -3.57. The number of carbonyl (C=O) groups excluding carboxylic acids is 2. The van der Waals surface area contributed by atoms with Gasteiger partial charge in [0.15, 0.2) is 16.4 Å². The molecule has 2 aromatic rings. The van der Waals surface area contributed by atoms with Crippen molar-refractivity contribution in [2.24, 2.45) is 0 Å². The van der Waals surface area contributed by atoms with Gasteiger partial charge in [0, 0.05) is 6.26 Å². The van der Waals surface area contributed by atoms with Crippen LogP contribution >= 0.6 is 0 Å². The fourth-order valence-electron chi connectivity index (χ4n) is 1.82. The molecule has 0 atom stereocenters. The summed E-state index contributed by atoms with van der Waals surface area (Å²) in [4.78, 5) is 23.4. The van der Waals surface area contributed by atoms with Crippen LogP contribution in [0.5, 0.6) is 0 Å². The lowest BCUT2D eigenvalue weighted by Gasteiger charge is -2.08. The molecule has 1 amide bonds. The Morgan fingerprint density at radius 2 is 1.91 bits per heavy atom. The third kappa shape index (κ3) is 4.68. The predicted octanol–water partition coefficient (Wildman–Crippen LogP) is 1.16. The highest BCUT2D eigenvalue weighted by atomic mass is 32.2. The topological polar surface area (TPSA) is 103 Å². The minimum Gasteiger partial charge on any atom is -0.467 e. The van der Waals surface area contributed by atoms with Crippen LogP contribution in [0.4, 0.5) is 0 Å². The van der Waals surface area contributed by atoms with Gasteiger partial charge in [-0.2, -0.15) is 0 Å². The molecule has 0 fully saturated rings. The Bertz CT molecular complexity index is 795. The Balaban J connectivity index is 1.94. The normalized spacial score (nSPS) is 11.0. The second-order valence-corrected chi connectivity index (χ2v) is 6.68. The molecule has 0 saturated heterocycles. The lowest BCUT2D eigenvalue weighted by Crippen LogP contribution is -2.28. The van der Waals surface area contributed by atoms with Crippen LogP contribution in [0.3, 0.4) is 0 Å². The fraction of sp³-hybridized carbons (Fsp3) is 0.200. The summed E-state index contributed by atoms with van der Waals surface area (Å²) in [6, 6.07) is 9.03. The van der Waals surface area contributed by atoms with E-state index in [1.807, 2.05) is 0 Å². The van der Waals surface area contributed by atoms with E-state index >= 15 is 0 Å². The van der Waals surface area contributed by atoms with Crippen molar-refractivity contribution in [1.29, 1.82) is 0 Å².